The predicted octanol–water partition coefficient (Wildman–Crippen LogP) is 5.84. The van der Waals surface area contributed by atoms with Gasteiger partial charge in [0.2, 0.25) is 0 Å². The first kappa shape index (κ1) is 17.7. The largest absolute Gasteiger partial charge is 0.487 e. The molecule has 3 rings (SSSR count). The lowest BCUT2D eigenvalue weighted by molar-refractivity contribution is 0.306. The number of thiocarbonyl (C=S) groups is 1. The smallest absolute Gasteiger partial charge is 0.138 e. The van der Waals surface area contributed by atoms with Crippen molar-refractivity contribution in [3.63, 3.8) is 0 Å². The molecule has 0 N–H and O–H groups in total. The van der Waals surface area contributed by atoms with Gasteiger partial charge in [0.25, 0.3) is 0 Å². The molecule has 5 heteroatoms. The maximum absolute atomic E-state index is 6.39. The maximum Gasteiger partial charge on any atom is 0.138 e. The first-order valence-electron chi connectivity index (χ1n) is 8.09. The number of ether oxygens (including phenoxy) is 1. The van der Waals surface area contributed by atoms with Crippen molar-refractivity contribution in [2.75, 3.05) is 13.1 Å². The Bertz CT molecular complexity index is 714. The Hall–Kier alpha value is -1.10. The zero-order valence-electron chi connectivity index (χ0n) is 13.3. The molecule has 1 aliphatic heterocycles. The van der Waals surface area contributed by atoms with Crippen LogP contribution in [0.25, 0.3) is 0 Å². The second-order valence-electron chi connectivity index (χ2n) is 5.91. The van der Waals surface area contributed by atoms with Crippen molar-refractivity contribution in [2.45, 2.75) is 25.9 Å². The van der Waals surface area contributed by atoms with Crippen LogP contribution in [0.1, 0.15) is 30.4 Å². The van der Waals surface area contributed by atoms with Crippen LogP contribution in [0, 0.1) is 0 Å². The molecule has 0 unspecified atom stereocenters. The molecule has 0 saturated carbocycles. The van der Waals surface area contributed by atoms with Gasteiger partial charge in [-0.2, -0.15) is 0 Å². The van der Waals surface area contributed by atoms with E-state index >= 15 is 0 Å². The van der Waals surface area contributed by atoms with Crippen molar-refractivity contribution in [2.24, 2.45) is 0 Å². The van der Waals surface area contributed by atoms with Gasteiger partial charge in [-0.3, -0.25) is 0 Å². The summed E-state index contributed by atoms with van der Waals surface area (Å²) in [6.07, 6.45) is 3.72. The summed E-state index contributed by atoms with van der Waals surface area (Å²) in [7, 11) is 0. The second-order valence-corrected chi connectivity index (χ2v) is 7.62. The third-order valence-electron chi connectivity index (χ3n) is 4.13. The quantitative estimate of drug-likeness (QED) is 0.572. The van der Waals surface area contributed by atoms with Crippen LogP contribution < -0.4 is 4.74 Å². The highest BCUT2D eigenvalue weighted by Crippen LogP contribution is 2.28. The van der Waals surface area contributed by atoms with Crippen molar-refractivity contribution in [1.82, 2.24) is 4.90 Å². The third-order valence-corrected chi connectivity index (χ3v) is 5.45. The molecule has 0 bridgehead atoms. The van der Waals surface area contributed by atoms with Crippen LogP contribution in [0.4, 0.5) is 0 Å². The van der Waals surface area contributed by atoms with Crippen molar-refractivity contribution < 1.29 is 4.74 Å². The molecule has 2 aromatic carbocycles. The van der Waals surface area contributed by atoms with Crippen molar-refractivity contribution in [3.05, 3.63) is 63.1 Å². The van der Waals surface area contributed by atoms with Gasteiger partial charge in [0.1, 0.15) is 17.3 Å². The fourth-order valence-corrected chi connectivity index (χ4v) is 3.58. The minimum atomic E-state index is 0.489. The third kappa shape index (κ3) is 4.50. The van der Waals surface area contributed by atoms with Gasteiger partial charge in [-0.1, -0.05) is 51.9 Å². The number of piperidine rings is 1. The standard InChI is InChI=1S/C19H19BrClNOS/c20-16-7-4-14(5-8-16)13-23-18-9-6-15(12-17(18)21)19(24)22-10-2-1-3-11-22/h4-9,12H,1-3,10-11,13H2. The monoisotopic (exact) mass is 423 g/mol. The van der Waals surface area contributed by atoms with Crippen LogP contribution >= 0.6 is 39.7 Å². The number of hydrogen-bond acceptors (Lipinski definition) is 2. The minimum absolute atomic E-state index is 0.489. The van der Waals surface area contributed by atoms with E-state index in [1.54, 1.807) is 0 Å². The van der Waals surface area contributed by atoms with Gasteiger partial charge >= 0.3 is 0 Å². The SMILES string of the molecule is S=C(c1ccc(OCc2ccc(Br)cc2)c(Cl)c1)N1CCCCC1. The van der Waals surface area contributed by atoms with Crippen molar-refractivity contribution in [1.29, 1.82) is 0 Å². The van der Waals surface area contributed by atoms with E-state index in [9.17, 15) is 0 Å². The van der Waals surface area contributed by atoms with Crippen LogP contribution in [0.2, 0.25) is 5.02 Å². The normalized spacial score (nSPS) is 14.5. The molecular weight excluding hydrogens is 406 g/mol. The Morgan fingerprint density at radius 1 is 1.08 bits per heavy atom. The van der Waals surface area contributed by atoms with Crippen LogP contribution in [0.15, 0.2) is 46.9 Å². The van der Waals surface area contributed by atoms with E-state index in [-0.39, 0.29) is 0 Å². The van der Waals surface area contributed by atoms with Gasteiger partial charge in [-0.05, 0) is 55.2 Å². The lowest BCUT2D eigenvalue weighted by Gasteiger charge is -2.29. The average Bonchev–Trinajstić information content (AvgIpc) is 2.62. The molecule has 2 nitrogen and oxygen atoms in total. The van der Waals surface area contributed by atoms with Gasteiger partial charge in [0.15, 0.2) is 0 Å². The summed E-state index contributed by atoms with van der Waals surface area (Å²) in [5.41, 5.74) is 2.09. The van der Waals surface area contributed by atoms with Gasteiger partial charge in [-0.25, -0.2) is 0 Å². The van der Waals surface area contributed by atoms with E-state index in [4.69, 9.17) is 28.6 Å². The fourth-order valence-electron chi connectivity index (χ4n) is 2.77. The number of halogens is 2. The highest BCUT2D eigenvalue weighted by atomic mass is 79.9. The molecule has 0 aromatic heterocycles. The van der Waals surface area contributed by atoms with Gasteiger partial charge in [-0.15, -0.1) is 0 Å². The summed E-state index contributed by atoms with van der Waals surface area (Å²) in [6, 6.07) is 13.9. The topological polar surface area (TPSA) is 12.5 Å². The zero-order valence-corrected chi connectivity index (χ0v) is 16.5. The molecule has 2 aromatic rings. The van der Waals surface area contributed by atoms with Crippen LogP contribution in [0.3, 0.4) is 0 Å². The maximum atomic E-state index is 6.39. The molecule has 0 atom stereocenters. The predicted molar refractivity (Wildman–Crippen MR) is 107 cm³/mol. The average molecular weight is 425 g/mol. The first-order chi connectivity index (χ1) is 11.6. The Morgan fingerprint density at radius 2 is 1.79 bits per heavy atom. The second kappa shape index (κ2) is 8.32. The summed E-state index contributed by atoms with van der Waals surface area (Å²) < 4.78 is 6.89. The van der Waals surface area contributed by atoms with E-state index in [1.807, 2.05) is 42.5 Å². The molecule has 1 aliphatic rings. The molecule has 0 amide bonds. The summed E-state index contributed by atoms with van der Waals surface area (Å²) in [4.78, 5) is 3.16. The van der Waals surface area contributed by atoms with Crippen molar-refractivity contribution in [3.8, 4) is 5.75 Å². The van der Waals surface area contributed by atoms with Gasteiger partial charge < -0.3 is 9.64 Å². The highest BCUT2D eigenvalue weighted by Gasteiger charge is 2.16. The van der Waals surface area contributed by atoms with Gasteiger partial charge in [0, 0.05) is 23.1 Å². The lowest BCUT2D eigenvalue weighted by Crippen LogP contribution is -2.34. The van der Waals surface area contributed by atoms with Crippen molar-refractivity contribution >= 4 is 44.7 Å². The summed E-state index contributed by atoms with van der Waals surface area (Å²) >= 11 is 15.4. The molecule has 0 aliphatic carbocycles. The first-order valence-corrected chi connectivity index (χ1v) is 9.67. The van der Waals surface area contributed by atoms with Crippen LogP contribution in [-0.2, 0) is 6.61 Å². The van der Waals surface area contributed by atoms with E-state index in [0.29, 0.717) is 17.4 Å². The Kier molecular flexibility index (Phi) is 6.14. The molecule has 0 spiro atoms. The van der Waals surface area contributed by atoms with Crippen LogP contribution in [0.5, 0.6) is 5.75 Å². The van der Waals surface area contributed by atoms with E-state index < -0.39 is 0 Å². The number of rotatable bonds is 4. The molecular formula is C19H19BrClNOS. The summed E-state index contributed by atoms with van der Waals surface area (Å²) in [5, 5.41) is 0.601. The Balaban J connectivity index is 1.65. The van der Waals surface area contributed by atoms with E-state index in [0.717, 1.165) is 33.7 Å². The Morgan fingerprint density at radius 3 is 2.46 bits per heavy atom. The molecule has 126 valence electrons. The molecule has 0 radical (unpaired) electrons. The van der Waals surface area contributed by atoms with Crippen LogP contribution in [-0.4, -0.2) is 23.0 Å². The summed E-state index contributed by atoms with van der Waals surface area (Å²) in [6.45, 7) is 2.57. The molecule has 1 fully saturated rings. The lowest BCUT2D eigenvalue weighted by atomic mass is 10.1. The molecule has 1 heterocycles. The van der Waals surface area contributed by atoms with E-state index in [2.05, 4.69) is 20.8 Å². The van der Waals surface area contributed by atoms with E-state index in [1.165, 1.54) is 19.3 Å². The fraction of sp³-hybridized carbons (Fsp3) is 0.316. The summed E-state index contributed by atoms with van der Waals surface area (Å²) in [5.74, 6) is 0.685. The minimum Gasteiger partial charge on any atom is -0.487 e. The number of hydrogen-bond donors (Lipinski definition) is 0. The molecule has 1 saturated heterocycles. The number of benzene rings is 2. The van der Waals surface area contributed by atoms with Gasteiger partial charge in [0.05, 0.1) is 5.02 Å². The Labute approximate surface area is 161 Å². The number of nitrogens with zero attached hydrogens (tertiary/aromatic N) is 1. The number of likely N-dealkylation sites (tertiary alicyclic amines) is 1. The highest BCUT2D eigenvalue weighted by molar-refractivity contribution is 9.10. The zero-order chi connectivity index (χ0) is 16.9. The molecule has 24 heavy (non-hydrogen) atoms.